The Bertz CT molecular complexity index is 617. The van der Waals surface area contributed by atoms with Crippen LogP contribution in [0.15, 0.2) is 48.5 Å². The summed E-state index contributed by atoms with van der Waals surface area (Å²) in [7, 11) is 1.98. The van der Waals surface area contributed by atoms with E-state index in [9.17, 15) is 0 Å². The SMILES string of the molecule is Cc1ccc(N(C)C(=S)Nc2cccc(C(C)C)c2)cc1. The van der Waals surface area contributed by atoms with Crippen molar-refractivity contribution < 1.29 is 0 Å². The van der Waals surface area contributed by atoms with Crippen LogP contribution in [-0.4, -0.2) is 12.2 Å². The lowest BCUT2D eigenvalue weighted by Gasteiger charge is -2.21. The maximum Gasteiger partial charge on any atom is 0.177 e. The monoisotopic (exact) mass is 298 g/mol. The van der Waals surface area contributed by atoms with E-state index in [1.165, 1.54) is 11.1 Å². The molecule has 0 heterocycles. The second-order valence-corrected chi connectivity index (χ2v) is 5.99. The van der Waals surface area contributed by atoms with Crippen LogP contribution in [0.2, 0.25) is 0 Å². The first-order valence-corrected chi connectivity index (χ1v) is 7.59. The number of hydrogen-bond donors (Lipinski definition) is 1. The van der Waals surface area contributed by atoms with Gasteiger partial charge in [-0.05, 0) is 54.9 Å². The van der Waals surface area contributed by atoms with E-state index >= 15 is 0 Å². The second-order valence-electron chi connectivity index (χ2n) is 5.60. The van der Waals surface area contributed by atoms with Crippen molar-refractivity contribution in [3.05, 3.63) is 59.7 Å². The molecule has 110 valence electrons. The van der Waals surface area contributed by atoms with E-state index in [-0.39, 0.29) is 0 Å². The standard InChI is InChI=1S/C18H22N2S/c1-13(2)15-6-5-7-16(12-15)19-18(21)20(4)17-10-8-14(3)9-11-17/h5-13H,1-4H3,(H,19,21). The van der Waals surface area contributed by atoms with Crippen molar-refractivity contribution in [2.75, 3.05) is 17.3 Å². The molecule has 1 N–H and O–H groups in total. The highest BCUT2D eigenvalue weighted by atomic mass is 32.1. The van der Waals surface area contributed by atoms with Crippen molar-refractivity contribution in [2.45, 2.75) is 26.7 Å². The first kappa shape index (κ1) is 15.5. The number of aryl methyl sites for hydroxylation is 1. The lowest BCUT2D eigenvalue weighted by Crippen LogP contribution is -2.30. The molecule has 0 atom stereocenters. The third kappa shape index (κ3) is 4.05. The Morgan fingerprint density at radius 3 is 2.38 bits per heavy atom. The Balaban J connectivity index is 2.10. The van der Waals surface area contributed by atoms with E-state index in [4.69, 9.17) is 12.2 Å². The minimum Gasteiger partial charge on any atom is -0.332 e. The molecular weight excluding hydrogens is 276 g/mol. The van der Waals surface area contributed by atoms with Crippen LogP contribution in [0.5, 0.6) is 0 Å². The molecule has 0 saturated heterocycles. The van der Waals surface area contributed by atoms with Gasteiger partial charge in [0.05, 0.1) is 0 Å². The zero-order valence-corrected chi connectivity index (χ0v) is 13.9. The number of nitrogens with zero attached hydrogens (tertiary/aromatic N) is 1. The minimum absolute atomic E-state index is 0.509. The maximum atomic E-state index is 5.50. The first-order chi connectivity index (χ1) is 9.97. The third-order valence-electron chi connectivity index (χ3n) is 3.53. The summed E-state index contributed by atoms with van der Waals surface area (Å²) in [5, 5.41) is 4.00. The number of rotatable bonds is 3. The van der Waals surface area contributed by atoms with Crippen molar-refractivity contribution >= 4 is 28.7 Å². The van der Waals surface area contributed by atoms with Crippen LogP contribution in [0.25, 0.3) is 0 Å². The van der Waals surface area contributed by atoms with E-state index in [1.54, 1.807) is 0 Å². The highest BCUT2D eigenvalue weighted by molar-refractivity contribution is 7.80. The average molecular weight is 298 g/mol. The van der Waals surface area contributed by atoms with E-state index in [0.717, 1.165) is 11.4 Å². The summed E-state index contributed by atoms with van der Waals surface area (Å²) in [6.45, 7) is 6.46. The second kappa shape index (κ2) is 6.72. The number of hydrogen-bond acceptors (Lipinski definition) is 1. The molecule has 0 bridgehead atoms. The summed E-state index contributed by atoms with van der Waals surface area (Å²) in [6.07, 6.45) is 0. The van der Waals surface area contributed by atoms with E-state index in [0.29, 0.717) is 11.0 Å². The van der Waals surface area contributed by atoms with Crippen LogP contribution < -0.4 is 10.2 Å². The highest BCUT2D eigenvalue weighted by Gasteiger charge is 2.08. The van der Waals surface area contributed by atoms with Gasteiger partial charge in [0.1, 0.15) is 0 Å². The minimum atomic E-state index is 0.509. The molecule has 0 aromatic heterocycles. The van der Waals surface area contributed by atoms with Gasteiger partial charge in [-0.15, -0.1) is 0 Å². The van der Waals surface area contributed by atoms with E-state index in [2.05, 4.69) is 68.6 Å². The molecule has 0 aliphatic carbocycles. The molecule has 21 heavy (non-hydrogen) atoms. The molecule has 2 aromatic rings. The molecule has 0 saturated carbocycles. The molecule has 0 radical (unpaired) electrons. The fourth-order valence-electron chi connectivity index (χ4n) is 2.07. The van der Waals surface area contributed by atoms with Crippen LogP contribution in [-0.2, 0) is 0 Å². The van der Waals surface area contributed by atoms with E-state index < -0.39 is 0 Å². The van der Waals surface area contributed by atoms with Crippen LogP contribution in [0.4, 0.5) is 11.4 Å². The molecule has 0 amide bonds. The molecule has 0 spiro atoms. The van der Waals surface area contributed by atoms with Gasteiger partial charge in [0, 0.05) is 18.4 Å². The van der Waals surface area contributed by atoms with Gasteiger partial charge < -0.3 is 10.2 Å². The summed E-state index contributed by atoms with van der Waals surface area (Å²) >= 11 is 5.50. The van der Waals surface area contributed by atoms with Gasteiger partial charge >= 0.3 is 0 Å². The maximum absolute atomic E-state index is 5.50. The van der Waals surface area contributed by atoms with Gasteiger partial charge in [0.15, 0.2) is 5.11 Å². The number of nitrogens with one attached hydrogen (secondary N) is 1. The van der Waals surface area contributed by atoms with Crippen LogP contribution in [0, 0.1) is 6.92 Å². The Hall–Kier alpha value is -1.87. The lowest BCUT2D eigenvalue weighted by molar-refractivity contribution is 0.867. The molecule has 0 fully saturated rings. The molecule has 0 aliphatic heterocycles. The Morgan fingerprint density at radius 1 is 1.10 bits per heavy atom. The van der Waals surface area contributed by atoms with Gasteiger partial charge in [-0.1, -0.05) is 43.7 Å². The zero-order valence-electron chi connectivity index (χ0n) is 13.1. The van der Waals surface area contributed by atoms with Crippen LogP contribution in [0.1, 0.15) is 30.9 Å². The molecule has 3 heteroatoms. The molecule has 2 nitrogen and oxygen atoms in total. The van der Waals surface area contributed by atoms with Gasteiger partial charge in [0.2, 0.25) is 0 Å². The fourth-order valence-corrected chi connectivity index (χ4v) is 2.29. The highest BCUT2D eigenvalue weighted by Crippen LogP contribution is 2.20. The molecule has 0 unspecified atom stereocenters. The van der Waals surface area contributed by atoms with Crippen molar-refractivity contribution in [3.63, 3.8) is 0 Å². The summed E-state index contributed by atoms with van der Waals surface area (Å²) in [4.78, 5) is 1.98. The van der Waals surface area contributed by atoms with Crippen molar-refractivity contribution in [2.24, 2.45) is 0 Å². The molecule has 2 rings (SSSR count). The lowest BCUT2D eigenvalue weighted by atomic mass is 10.0. The van der Waals surface area contributed by atoms with Crippen molar-refractivity contribution in [1.29, 1.82) is 0 Å². The molecule has 2 aromatic carbocycles. The molecule has 0 aliphatic rings. The summed E-state index contributed by atoms with van der Waals surface area (Å²) in [5.74, 6) is 0.509. The van der Waals surface area contributed by atoms with Gasteiger partial charge in [-0.3, -0.25) is 0 Å². The largest absolute Gasteiger partial charge is 0.332 e. The average Bonchev–Trinajstić information content (AvgIpc) is 2.47. The van der Waals surface area contributed by atoms with Gasteiger partial charge in [-0.2, -0.15) is 0 Å². The number of anilines is 2. The predicted molar refractivity (Wildman–Crippen MR) is 96.3 cm³/mol. The van der Waals surface area contributed by atoms with Gasteiger partial charge in [-0.25, -0.2) is 0 Å². The topological polar surface area (TPSA) is 15.3 Å². The summed E-state index contributed by atoms with van der Waals surface area (Å²) in [6, 6.07) is 16.7. The van der Waals surface area contributed by atoms with Crippen molar-refractivity contribution in [1.82, 2.24) is 0 Å². The Labute approximate surface area is 132 Å². The van der Waals surface area contributed by atoms with Crippen molar-refractivity contribution in [3.8, 4) is 0 Å². The smallest absolute Gasteiger partial charge is 0.177 e. The number of thiocarbonyl (C=S) groups is 1. The third-order valence-corrected chi connectivity index (χ3v) is 3.91. The summed E-state index contributed by atoms with van der Waals surface area (Å²) in [5.41, 5.74) is 4.67. The predicted octanol–water partition coefficient (Wildman–Crippen LogP) is 4.95. The number of benzene rings is 2. The van der Waals surface area contributed by atoms with E-state index in [1.807, 2.05) is 18.0 Å². The van der Waals surface area contributed by atoms with Gasteiger partial charge in [0.25, 0.3) is 0 Å². The first-order valence-electron chi connectivity index (χ1n) is 7.18. The normalized spacial score (nSPS) is 10.5. The Kier molecular flexibility index (Phi) is 4.97. The quantitative estimate of drug-likeness (QED) is 0.807. The Morgan fingerprint density at radius 2 is 1.76 bits per heavy atom. The molecular formula is C18H22N2S. The zero-order chi connectivity index (χ0) is 15.4. The van der Waals surface area contributed by atoms with Crippen LogP contribution >= 0.6 is 12.2 Å². The summed E-state index contributed by atoms with van der Waals surface area (Å²) < 4.78 is 0. The van der Waals surface area contributed by atoms with Crippen LogP contribution in [0.3, 0.4) is 0 Å². The fraction of sp³-hybridized carbons (Fsp3) is 0.278.